The highest BCUT2D eigenvalue weighted by atomic mass is 32.2. The molecule has 2 aromatic heterocycles. The molecule has 9 heteroatoms. The predicted molar refractivity (Wildman–Crippen MR) is 71.1 cm³/mol. The number of aromatic nitrogens is 4. The topological polar surface area (TPSA) is 108 Å². The second-order valence-electron chi connectivity index (χ2n) is 4.11. The van der Waals surface area contributed by atoms with Crippen LogP contribution in [0.3, 0.4) is 0 Å². The van der Waals surface area contributed by atoms with Crippen LogP contribution in [0.4, 0.5) is 11.5 Å². The highest BCUT2D eigenvalue weighted by Crippen LogP contribution is 2.23. The van der Waals surface area contributed by atoms with E-state index in [1.807, 2.05) is 6.92 Å². The molecule has 104 valence electrons. The molecule has 0 amide bonds. The summed E-state index contributed by atoms with van der Waals surface area (Å²) in [5.41, 5.74) is 6.51. The molecular weight excluding hydrogens is 268 g/mol. The standard InChI is InChI=1S/C10H16N6O2S/c1-4-16-6-8(5-12-16)14-19(17,18)9-7(2)15(3)13-10(9)11/h5-6,14H,4H2,1-3H3,(H2,11,13). The minimum absolute atomic E-state index is 0.000696. The first-order chi connectivity index (χ1) is 8.85. The molecule has 0 fully saturated rings. The fourth-order valence-corrected chi connectivity index (χ4v) is 3.10. The number of hydrogen-bond donors (Lipinski definition) is 2. The number of anilines is 2. The van der Waals surface area contributed by atoms with Gasteiger partial charge in [0.05, 0.1) is 17.6 Å². The van der Waals surface area contributed by atoms with Gasteiger partial charge in [0, 0.05) is 19.8 Å². The Bertz CT molecular complexity index is 700. The van der Waals surface area contributed by atoms with Crippen LogP contribution in [0.15, 0.2) is 17.3 Å². The van der Waals surface area contributed by atoms with Crippen molar-refractivity contribution < 1.29 is 8.42 Å². The molecule has 8 nitrogen and oxygen atoms in total. The van der Waals surface area contributed by atoms with Crippen molar-refractivity contribution in [1.29, 1.82) is 0 Å². The van der Waals surface area contributed by atoms with Gasteiger partial charge in [-0.15, -0.1) is 0 Å². The molecule has 2 rings (SSSR count). The van der Waals surface area contributed by atoms with Crippen molar-refractivity contribution in [1.82, 2.24) is 19.6 Å². The molecular formula is C10H16N6O2S. The van der Waals surface area contributed by atoms with Gasteiger partial charge in [-0.3, -0.25) is 14.1 Å². The fourth-order valence-electron chi connectivity index (χ4n) is 1.74. The van der Waals surface area contributed by atoms with Crippen LogP contribution in [0.5, 0.6) is 0 Å². The van der Waals surface area contributed by atoms with Gasteiger partial charge in [0.25, 0.3) is 10.0 Å². The normalized spacial score (nSPS) is 11.7. The number of rotatable bonds is 4. The molecule has 0 aromatic carbocycles. The molecule has 3 N–H and O–H groups in total. The summed E-state index contributed by atoms with van der Waals surface area (Å²) in [5, 5.41) is 7.89. The summed E-state index contributed by atoms with van der Waals surface area (Å²) in [4.78, 5) is -0.000696. The molecule has 2 aromatic rings. The zero-order chi connectivity index (χ0) is 14.2. The lowest BCUT2D eigenvalue weighted by molar-refractivity contribution is 0.600. The minimum atomic E-state index is -3.76. The van der Waals surface area contributed by atoms with Crippen molar-refractivity contribution in [3.8, 4) is 0 Å². The molecule has 0 saturated heterocycles. The predicted octanol–water partition coefficient (Wildman–Crippen LogP) is 0.328. The monoisotopic (exact) mass is 284 g/mol. The van der Waals surface area contributed by atoms with Gasteiger partial charge in [-0.2, -0.15) is 10.2 Å². The first-order valence-corrected chi connectivity index (χ1v) is 7.17. The van der Waals surface area contributed by atoms with E-state index in [4.69, 9.17) is 5.73 Å². The van der Waals surface area contributed by atoms with Crippen LogP contribution in [0.2, 0.25) is 0 Å². The maximum absolute atomic E-state index is 12.3. The van der Waals surface area contributed by atoms with E-state index < -0.39 is 10.0 Å². The lowest BCUT2D eigenvalue weighted by Crippen LogP contribution is -2.15. The van der Waals surface area contributed by atoms with E-state index in [0.717, 1.165) is 0 Å². The summed E-state index contributed by atoms with van der Waals surface area (Å²) < 4.78 is 30.0. The summed E-state index contributed by atoms with van der Waals surface area (Å²) in [6.07, 6.45) is 3.06. The Kier molecular flexibility index (Phi) is 3.23. The van der Waals surface area contributed by atoms with Gasteiger partial charge in [-0.25, -0.2) is 8.42 Å². The van der Waals surface area contributed by atoms with Crippen LogP contribution >= 0.6 is 0 Å². The van der Waals surface area contributed by atoms with E-state index in [1.165, 1.54) is 10.9 Å². The smallest absolute Gasteiger partial charge is 0.267 e. The van der Waals surface area contributed by atoms with E-state index in [2.05, 4.69) is 14.9 Å². The first-order valence-electron chi connectivity index (χ1n) is 5.69. The van der Waals surface area contributed by atoms with E-state index >= 15 is 0 Å². The summed E-state index contributed by atoms with van der Waals surface area (Å²) in [5.74, 6) is -0.0182. The van der Waals surface area contributed by atoms with E-state index in [-0.39, 0.29) is 10.7 Å². The van der Waals surface area contributed by atoms with Gasteiger partial charge in [0.1, 0.15) is 0 Å². The van der Waals surface area contributed by atoms with Crippen LogP contribution in [-0.4, -0.2) is 28.0 Å². The van der Waals surface area contributed by atoms with Crippen molar-refractivity contribution in [3.05, 3.63) is 18.1 Å². The highest BCUT2D eigenvalue weighted by molar-refractivity contribution is 7.93. The largest absolute Gasteiger partial charge is 0.381 e. The van der Waals surface area contributed by atoms with Crippen molar-refractivity contribution in [2.45, 2.75) is 25.3 Å². The Labute approximate surface area is 111 Å². The van der Waals surface area contributed by atoms with Gasteiger partial charge in [-0.05, 0) is 13.8 Å². The van der Waals surface area contributed by atoms with Gasteiger partial charge in [0.15, 0.2) is 10.7 Å². The van der Waals surface area contributed by atoms with Crippen LogP contribution in [0.1, 0.15) is 12.6 Å². The average Bonchev–Trinajstić information content (AvgIpc) is 2.84. The van der Waals surface area contributed by atoms with Gasteiger partial charge < -0.3 is 5.73 Å². The number of nitrogen functional groups attached to an aromatic ring is 1. The fraction of sp³-hybridized carbons (Fsp3) is 0.400. The molecule has 0 unspecified atom stereocenters. The number of hydrogen-bond acceptors (Lipinski definition) is 5. The molecule has 2 heterocycles. The molecule has 0 radical (unpaired) electrons. The minimum Gasteiger partial charge on any atom is -0.381 e. The number of sulfonamides is 1. The summed E-state index contributed by atoms with van der Waals surface area (Å²) >= 11 is 0. The molecule has 0 atom stereocenters. The molecule has 0 saturated carbocycles. The number of nitrogens with zero attached hydrogens (tertiary/aromatic N) is 4. The zero-order valence-corrected chi connectivity index (χ0v) is 11.8. The van der Waals surface area contributed by atoms with Crippen LogP contribution in [0, 0.1) is 6.92 Å². The van der Waals surface area contributed by atoms with Crippen molar-refractivity contribution in [2.75, 3.05) is 10.5 Å². The molecule has 0 aliphatic heterocycles. The second kappa shape index (κ2) is 4.57. The maximum Gasteiger partial charge on any atom is 0.267 e. The summed E-state index contributed by atoms with van der Waals surface area (Å²) in [6.45, 7) is 4.22. The molecule has 19 heavy (non-hydrogen) atoms. The van der Waals surface area contributed by atoms with Gasteiger partial charge >= 0.3 is 0 Å². The van der Waals surface area contributed by atoms with Crippen molar-refractivity contribution >= 4 is 21.5 Å². The van der Waals surface area contributed by atoms with Crippen LogP contribution in [0.25, 0.3) is 0 Å². The van der Waals surface area contributed by atoms with Crippen molar-refractivity contribution in [3.63, 3.8) is 0 Å². The van der Waals surface area contributed by atoms with Gasteiger partial charge in [-0.1, -0.05) is 0 Å². The highest BCUT2D eigenvalue weighted by Gasteiger charge is 2.25. The Hall–Kier alpha value is -2.03. The van der Waals surface area contributed by atoms with Crippen LogP contribution < -0.4 is 10.5 Å². The van der Waals surface area contributed by atoms with Crippen molar-refractivity contribution in [2.24, 2.45) is 7.05 Å². The number of nitrogens with two attached hydrogens (primary N) is 1. The van der Waals surface area contributed by atoms with E-state index in [1.54, 1.807) is 24.9 Å². The lowest BCUT2D eigenvalue weighted by atomic mass is 10.5. The first kappa shape index (κ1) is 13.4. The Morgan fingerprint density at radius 2 is 2.16 bits per heavy atom. The SMILES string of the molecule is CCn1cc(NS(=O)(=O)c2c(N)nn(C)c2C)cn1. The van der Waals surface area contributed by atoms with Gasteiger partial charge in [0.2, 0.25) is 0 Å². The Balaban J connectivity index is 2.37. The molecule has 0 aliphatic rings. The molecule has 0 spiro atoms. The van der Waals surface area contributed by atoms with E-state index in [9.17, 15) is 8.42 Å². The number of aryl methyl sites for hydroxylation is 2. The summed E-state index contributed by atoms with van der Waals surface area (Å²) in [7, 11) is -2.12. The quantitative estimate of drug-likeness (QED) is 0.841. The maximum atomic E-state index is 12.3. The Morgan fingerprint density at radius 3 is 2.63 bits per heavy atom. The zero-order valence-electron chi connectivity index (χ0n) is 11.0. The lowest BCUT2D eigenvalue weighted by Gasteiger charge is -2.05. The third-order valence-corrected chi connectivity index (χ3v) is 4.33. The third-order valence-electron chi connectivity index (χ3n) is 2.78. The second-order valence-corrected chi connectivity index (χ2v) is 5.73. The molecule has 0 aliphatic carbocycles. The third kappa shape index (κ3) is 2.41. The summed E-state index contributed by atoms with van der Waals surface area (Å²) in [6, 6.07) is 0. The number of nitrogens with one attached hydrogen (secondary N) is 1. The van der Waals surface area contributed by atoms with Crippen LogP contribution in [-0.2, 0) is 23.6 Å². The van der Waals surface area contributed by atoms with E-state index in [0.29, 0.717) is 17.9 Å². The molecule has 0 bridgehead atoms. The Morgan fingerprint density at radius 1 is 1.47 bits per heavy atom. The average molecular weight is 284 g/mol.